The maximum atomic E-state index is 12.6. The van der Waals surface area contributed by atoms with Gasteiger partial charge >= 0.3 is 6.09 Å². The van der Waals surface area contributed by atoms with Crippen molar-refractivity contribution in [2.24, 2.45) is 0 Å². The highest BCUT2D eigenvalue weighted by Crippen LogP contribution is 2.38. The minimum Gasteiger partial charge on any atom is -0.768 e. The lowest BCUT2D eigenvalue weighted by molar-refractivity contribution is -0.115. The summed E-state index contributed by atoms with van der Waals surface area (Å²) in [5, 5.41) is 13.0. The van der Waals surface area contributed by atoms with Crippen molar-refractivity contribution in [1.82, 2.24) is 4.90 Å². The smallest absolute Gasteiger partial charge is 0.410 e. The highest BCUT2D eigenvalue weighted by molar-refractivity contribution is 7.79. The van der Waals surface area contributed by atoms with E-state index in [0.717, 1.165) is 10.4 Å². The predicted octanol–water partition coefficient (Wildman–Crippen LogP) is 3.72. The number of anilines is 1. The van der Waals surface area contributed by atoms with Crippen LogP contribution in [0.4, 0.5) is 9.80 Å². The fourth-order valence-electron chi connectivity index (χ4n) is 3.40. The molecule has 8 nitrogen and oxygen atoms in total. The lowest BCUT2D eigenvalue weighted by atomic mass is 10.0. The number of hydrogen-bond donors (Lipinski definition) is 1. The number of fused-ring (bicyclic) bond motifs is 1. The van der Waals surface area contributed by atoms with Gasteiger partial charge in [-0.3, -0.25) is 9.00 Å². The second kappa shape index (κ2) is 9.40. The van der Waals surface area contributed by atoms with Crippen molar-refractivity contribution in [2.75, 3.05) is 5.32 Å². The van der Waals surface area contributed by atoms with Crippen LogP contribution < -0.4 is 5.32 Å². The van der Waals surface area contributed by atoms with Crippen molar-refractivity contribution in [1.29, 1.82) is 5.26 Å². The molecule has 2 atom stereocenters. The van der Waals surface area contributed by atoms with Gasteiger partial charge in [-0.25, -0.2) is 4.79 Å². The van der Waals surface area contributed by atoms with E-state index in [-0.39, 0.29) is 29.8 Å². The highest BCUT2D eigenvalue weighted by atomic mass is 32.2. The van der Waals surface area contributed by atoms with Crippen LogP contribution in [-0.2, 0) is 40.0 Å². The first-order chi connectivity index (χ1) is 15.0. The number of nitrogens with one attached hydrogen (secondary N) is 1. The van der Waals surface area contributed by atoms with E-state index >= 15 is 0 Å². The minimum atomic E-state index is -2.32. The Morgan fingerprint density at radius 2 is 2.00 bits per heavy atom. The van der Waals surface area contributed by atoms with Crippen LogP contribution in [0.25, 0.3) is 0 Å². The summed E-state index contributed by atoms with van der Waals surface area (Å²) in [6.45, 7) is 7.58. The molecular formula is C22H24N3O5S2-. The molecule has 0 aliphatic carbocycles. The molecule has 2 amide bonds. The Hall–Kier alpha value is -2.74. The zero-order valence-corrected chi connectivity index (χ0v) is 19.9. The largest absolute Gasteiger partial charge is 0.768 e. The predicted molar refractivity (Wildman–Crippen MR) is 120 cm³/mol. The average Bonchev–Trinajstić information content (AvgIpc) is 3.01. The van der Waals surface area contributed by atoms with Crippen LogP contribution in [0.15, 0.2) is 29.2 Å². The van der Waals surface area contributed by atoms with Crippen molar-refractivity contribution in [2.45, 2.75) is 63.6 Å². The van der Waals surface area contributed by atoms with E-state index in [0.29, 0.717) is 22.5 Å². The molecule has 0 saturated heterocycles. The number of rotatable bonds is 4. The molecule has 2 aromatic rings. The van der Waals surface area contributed by atoms with E-state index in [4.69, 9.17) is 4.74 Å². The summed E-state index contributed by atoms with van der Waals surface area (Å²) in [4.78, 5) is 27.9. The van der Waals surface area contributed by atoms with Crippen molar-refractivity contribution in [3.8, 4) is 6.07 Å². The second-order valence-electron chi connectivity index (χ2n) is 8.58. The summed E-state index contributed by atoms with van der Waals surface area (Å²) in [5.41, 5.74) is 1.13. The van der Waals surface area contributed by atoms with Crippen molar-refractivity contribution < 1.29 is 23.1 Å². The summed E-state index contributed by atoms with van der Waals surface area (Å²) in [6, 6.07) is 8.09. The lowest BCUT2D eigenvalue weighted by Crippen LogP contribution is -2.44. The van der Waals surface area contributed by atoms with Gasteiger partial charge < -0.3 is 19.5 Å². The van der Waals surface area contributed by atoms with Gasteiger partial charge in [0.1, 0.15) is 16.7 Å². The molecule has 1 N–H and O–H groups in total. The summed E-state index contributed by atoms with van der Waals surface area (Å²) in [7, 11) is 0. The Kier molecular flexibility index (Phi) is 7.03. The zero-order valence-electron chi connectivity index (χ0n) is 18.3. The lowest BCUT2D eigenvalue weighted by Gasteiger charge is -2.34. The maximum Gasteiger partial charge on any atom is 0.410 e. The van der Waals surface area contributed by atoms with Gasteiger partial charge in [0.05, 0.1) is 18.5 Å². The molecule has 0 fully saturated rings. The van der Waals surface area contributed by atoms with Crippen LogP contribution in [0.5, 0.6) is 0 Å². The van der Waals surface area contributed by atoms with E-state index in [9.17, 15) is 23.6 Å². The van der Waals surface area contributed by atoms with Crippen molar-refractivity contribution >= 4 is 39.4 Å². The van der Waals surface area contributed by atoms with Gasteiger partial charge in [-0.15, -0.1) is 11.3 Å². The third-order valence-electron chi connectivity index (χ3n) is 4.91. The molecule has 10 heteroatoms. The van der Waals surface area contributed by atoms with Crippen molar-refractivity contribution in [3.63, 3.8) is 0 Å². The van der Waals surface area contributed by atoms with Gasteiger partial charge in [0.2, 0.25) is 5.91 Å². The molecule has 170 valence electrons. The average molecular weight is 475 g/mol. The van der Waals surface area contributed by atoms with E-state index in [1.54, 1.807) is 37.8 Å². The first kappa shape index (κ1) is 23.9. The SMILES string of the molecule is CC1Cc2sc(NC(=O)Cc3ccc(S(=O)[O-])cc3)c(C#N)c2CN1C(=O)OC(C)(C)C. The van der Waals surface area contributed by atoms with Gasteiger partial charge in [-0.05, 0) is 56.5 Å². The van der Waals surface area contributed by atoms with Crippen LogP contribution in [-0.4, -0.2) is 37.3 Å². The normalized spacial score (nSPS) is 16.6. The number of carbonyl (C=O) groups is 2. The van der Waals surface area contributed by atoms with Crippen LogP contribution in [0, 0.1) is 11.3 Å². The molecule has 1 aromatic carbocycles. The number of amides is 2. The number of ether oxygens (including phenoxy) is 1. The molecular weight excluding hydrogens is 450 g/mol. The number of nitriles is 1. The third kappa shape index (κ3) is 5.54. The molecule has 1 aliphatic heterocycles. The standard InChI is InChI=1S/C22H25N3O5S2/c1-13-9-18-17(12-25(13)21(27)30-22(2,3)4)16(11-23)20(31-18)24-19(26)10-14-5-7-15(8-6-14)32(28)29/h5-8,13H,9-10,12H2,1-4H3,(H,24,26)(H,28,29)/p-1. The Morgan fingerprint density at radius 3 is 2.56 bits per heavy atom. The van der Waals surface area contributed by atoms with Gasteiger partial charge in [0, 0.05) is 27.8 Å². The number of thiophene rings is 1. The third-order valence-corrected chi connectivity index (χ3v) is 6.73. The summed E-state index contributed by atoms with van der Waals surface area (Å²) >= 11 is -0.971. The van der Waals surface area contributed by atoms with Crippen LogP contribution >= 0.6 is 11.3 Å². The number of hydrogen-bond acceptors (Lipinski definition) is 7. The monoisotopic (exact) mass is 474 g/mol. The minimum absolute atomic E-state index is 0.0413. The molecule has 0 spiro atoms. The fraction of sp³-hybridized carbons (Fsp3) is 0.409. The quantitative estimate of drug-likeness (QED) is 0.674. The molecule has 0 bridgehead atoms. The number of nitrogens with zero attached hydrogens (tertiary/aromatic N) is 2. The first-order valence-electron chi connectivity index (χ1n) is 10.0. The molecule has 1 aliphatic rings. The molecule has 2 heterocycles. The van der Waals surface area contributed by atoms with E-state index in [2.05, 4.69) is 11.4 Å². The number of benzene rings is 1. The Balaban J connectivity index is 1.75. The molecule has 32 heavy (non-hydrogen) atoms. The Morgan fingerprint density at radius 1 is 1.34 bits per heavy atom. The summed E-state index contributed by atoms with van der Waals surface area (Å²) < 4.78 is 27.4. The number of carbonyl (C=O) groups excluding carboxylic acids is 2. The van der Waals surface area contributed by atoms with E-state index < -0.39 is 22.8 Å². The second-order valence-corrected chi connectivity index (χ2v) is 10.6. The molecule has 2 unspecified atom stereocenters. The molecule has 0 saturated carbocycles. The Labute approximate surface area is 193 Å². The van der Waals surface area contributed by atoms with Crippen LogP contribution in [0.1, 0.15) is 49.3 Å². The van der Waals surface area contributed by atoms with Crippen molar-refractivity contribution in [3.05, 3.63) is 45.8 Å². The van der Waals surface area contributed by atoms with E-state index in [1.807, 2.05) is 6.92 Å². The maximum absolute atomic E-state index is 12.6. The highest BCUT2D eigenvalue weighted by Gasteiger charge is 2.34. The van der Waals surface area contributed by atoms with Gasteiger partial charge in [0.25, 0.3) is 0 Å². The van der Waals surface area contributed by atoms with Gasteiger partial charge in [0.15, 0.2) is 0 Å². The van der Waals surface area contributed by atoms with E-state index in [1.165, 1.54) is 23.5 Å². The summed E-state index contributed by atoms with van der Waals surface area (Å²) in [5.74, 6) is -0.312. The Bertz CT molecular complexity index is 1100. The molecule has 1 aromatic heterocycles. The molecule has 3 rings (SSSR count). The van der Waals surface area contributed by atoms with Crippen LogP contribution in [0.2, 0.25) is 0 Å². The zero-order chi connectivity index (χ0) is 23.6. The van der Waals surface area contributed by atoms with Gasteiger partial charge in [-0.1, -0.05) is 12.1 Å². The van der Waals surface area contributed by atoms with Gasteiger partial charge in [-0.2, -0.15) is 5.26 Å². The fourth-order valence-corrected chi connectivity index (χ4v) is 5.05. The molecule has 0 radical (unpaired) electrons. The topological polar surface area (TPSA) is 123 Å². The first-order valence-corrected chi connectivity index (χ1v) is 11.9. The summed E-state index contributed by atoms with van der Waals surface area (Å²) in [6.07, 6.45) is 0.177. The van der Waals surface area contributed by atoms with Crippen LogP contribution in [0.3, 0.4) is 0 Å².